The maximum absolute atomic E-state index is 12.2. The molecule has 7 heteroatoms. The van der Waals surface area contributed by atoms with Crippen molar-refractivity contribution in [3.8, 4) is 0 Å². The number of amides is 2. The molecule has 0 aromatic heterocycles. The Labute approximate surface area is 127 Å². The summed E-state index contributed by atoms with van der Waals surface area (Å²) in [6.07, 6.45) is -0.122. The Hall–Kier alpha value is -2.70. The molecule has 22 heavy (non-hydrogen) atoms. The van der Waals surface area contributed by atoms with Gasteiger partial charge in [-0.3, -0.25) is 19.3 Å². The lowest BCUT2D eigenvalue weighted by molar-refractivity contribution is -0.165. The van der Waals surface area contributed by atoms with Gasteiger partial charge in [-0.05, 0) is 12.5 Å². The van der Waals surface area contributed by atoms with E-state index in [0.717, 1.165) is 7.11 Å². The number of carbonyl (C=O) groups is 4. The molecule has 1 rings (SSSR count). The predicted molar refractivity (Wildman–Crippen MR) is 75.5 cm³/mol. The van der Waals surface area contributed by atoms with Gasteiger partial charge < -0.3 is 9.47 Å². The third-order valence-corrected chi connectivity index (χ3v) is 2.71. The minimum Gasteiger partial charge on any atom is -0.468 e. The number of carbonyl (C=O) groups excluding carboxylic acids is 4. The zero-order valence-corrected chi connectivity index (χ0v) is 12.4. The van der Waals surface area contributed by atoms with Crippen LogP contribution in [0.1, 0.15) is 12.5 Å². The SMILES string of the molecule is CCOC(=O)C(=O)N(CC(=O)OC)C(=O)Cc1ccccc1. The van der Waals surface area contributed by atoms with Gasteiger partial charge in [0.2, 0.25) is 5.91 Å². The van der Waals surface area contributed by atoms with E-state index in [2.05, 4.69) is 9.47 Å². The average Bonchev–Trinajstić information content (AvgIpc) is 2.52. The Kier molecular flexibility index (Phi) is 6.75. The van der Waals surface area contributed by atoms with Crippen LogP contribution < -0.4 is 0 Å². The van der Waals surface area contributed by atoms with E-state index >= 15 is 0 Å². The first kappa shape index (κ1) is 17.4. The first-order valence-corrected chi connectivity index (χ1v) is 6.61. The van der Waals surface area contributed by atoms with Crippen molar-refractivity contribution in [1.82, 2.24) is 4.90 Å². The summed E-state index contributed by atoms with van der Waals surface area (Å²) in [4.78, 5) is 47.5. The standard InChI is InChI=1S/C15H17NO6/c1-3-22-15(20)14(19)16(10-13(18)21-2)12(17)9-11-7-5-4-6-8-11/h4-8H,3,9-10H2,1-2H3. The third-order valence-electron chi connectivity index (χ3n) is 2.71. The number of ether oxygens (including phenoxy) is 2. The highest BCUT2D eigenvalue weighted by molar-refractivity contribution is 6.35. The molecule has 0 aliphatic carbocycles. The lowest BCUT2D eigenvalue weighted by Gasteiger charge is -2.18. The molecule has 118 valence electrons. The molecule has 2 amide bonds. The van der Waals surface area contributed by atoms with Crippen molar-refractivity contribution >= 4 is 23.8 Å². The van der Waals surface area contributed by atoms with Gasteiger partial charge in [-0.25, -0.2) is 4.79 Å². The monoisotopic (exact) mass is 307 g/mol. The molecule has 0 radical (unpaired) electrons. The summed E-state index contributed by atoms with van der Waals surface area (Å²) >= 11 is 0. The second-order valence-corrected chi connectivity index (χ2v) is 4.24. The highest BCUT2D eigenvalue weighted by atomic mass is 16.5. The van der Waals surface area contributed by atoms with E-state index < -0.39 is 30.3 Å². The maximum Gasteiger partial charge on any atom is 0.397 e. The molecule has 0 fully saturated rings. The molecule has 0 N–H and O–H groups in total. The first-order chi connectivity index (χ1) is 10.5. The van der Waals surface area contributed by atoms with Crippen LogP contribution in [0.5, 0.6) is 0 Å². The zero-order valence-electron chi connectivity index (χ0n) is 12.4. The van der Waals surface area contributed by atoms with Gasteiger partial charge >= 0.3 is 17.8 Å². The van der Waals surface area contributed by atoms with E-state index in [-0.39, 0.29) is 13.0 Å². The lowest BCUT2D eigenvalue weighted by atomic mass is 10.1. The van der Waals surface area contributed by atoms with Gasteiger partial charge in [0, 0.05) is 0 Å². The van der Waals surface area contributed by atoms with Crippen molar-refractivity contribution in [3.63, 3.8) is 0 Å². The second kappa shape index (κ2) is 8.56. The molecule has 0 aliphatic rings. The number of benzene rings is 1. The number of hydrogen-bond acceptors (Lipinski definition) is 6. The summed E-state index contributed by atoms with van der Waals surface area (Å²) in [7, 11) is 1.12. The van der Waals surface area contributed by atoms with E-state index in [1.807, 2.05) is 0 Å². The number of methoxy groups -OCH3 is 1. The molecule has 0 saturated carbocycles. The Morgan fingerprint density at radius 1 is 1.09 bits per heavy atom. The second-order valence-electron chi connectivity index (χ2n) is 4.24. The van der Waals surface area contributed by atoms with Crippen molar-refractivity contribution in [2.24, 2.45) is 0 Å². The van der Waals surface area contributed by atoms with Gasteiger partial charge in [0.25, 0.3) is 0 Å². The summed E-state index contributed by atoms with van der Waals surface area (Å²) in [6, 6.07) is 8.65. The highest BCUT2D eigenvalue weighted by Crippen LogP contribution is 2.05. The molecule has 0 unspecified atom stereocenters. The summed E-state index contributed by atoms with van der Waals surface area (Å²) in [5, 5.41) is 0. The lowest BCUT2D eigenvalue weighted by Crippen LogP contribution is -2.45. The summed E-state index contributed by atoms with van der Waals surface area (Å²) in [5.74, 6) is -3.87. The quantitative estimate of drug-likeness (QED) is 0.575. The molecule has 0 aliphatic heterocycles. The Bertz CT molecular complexity index is 554. The van der Waals surface area contributed by atoms with Crippen LogP contribution >= 0.6 is 0 Å². The fourth-order valence-electron chi connectivity index (χ4n) is 1.64. The number of rotatable bonds is 5. The van der Waals surface area contributed by atoms with Crippen LogP contribution in [0.25, 0.3) is 0 Å². The molecule has 0 saturated heterocycles. The van der Waals surface area contributed by atoms with Gasteiger partial charge in [-0.15, -0.1) is 0 Å². The van der Waals surface area contributed by atoms with Gasteiger partial charge in [0.05, 0.1) is 20.1 Å². The Balaban J connectivity index is 2.89. The molecule has 7 nitrogen and oxygen atoms in total. The molecule has 0 spiro atoms. The largest absolute Gasteiger partial charge is 0.468 e. The fraction of sp³-hybridized carbons (Fsp3) is 0.333. The van der Waals surface area contributed by atoms with E-state index in [4.69, 9.17) is 0 Å². The van der Waals surface area contributed by atoms with Crippen molar-refractivity contribution < 1.29 is 28.7 Å². The van der Waals surface area contributed by atoms with Crippen LogP contribution in [-0.2, 0) is 35.1 Å². The highest BCUT2D eigenvalue weighted by Gasteiger charge is 2.30. The van der Waals surface area contributed by atoms with Crippen LogP contribution in [0.2, 0.25) is 0 Å². The number of hydrogen-bond donors (Lipinski definition) is 0. The van der Waals surface area contributed by atoms with Crippen LogP contribution in [0.3, 0.4) is 0 Å². The van der Waals surface area contributed by atoms with Gasteiger partial charge in [0.1, 0.15) is 6.54 Å². The number of imide groups is 1. The molecule has 0 bridgehead atoms. The summed E-state index contributed by atoms with van der Waals surface area (Å²) < 4.78 is 9.00. The van der Waals surface area contributed by atoms with Crippen molar-refractivity contribution in [3.05, 3.63) is 35.9 Å². The van der Waals surface area contributed by atoms with Crippen LogP contribution in [0, 0.1) is 0 Å². The third kappa shape index (κ3) is 5.01. The molecule has 1 aromatic rings. The predicted octanol–water partition coefficient (Wildman–Crippen LogP) is 0.320. The van der Waals surface area contributed by atoms with Crippen molar-refractivity contribution in [1.29, 1.82) is 0 Å². The van der Waals surface area contributed by atoms with Crippen LogP contribution in [0.15, 0.2) is 30.3 Å². The van der Waals surface area contributed by atoms with Gasteiger partial charge in [0.15, 0.2) is 0 Å². The average molecular weight is 307 g/mol. The summed E-state index contributed by atoms with van der Waals surface area (Å²) in [5.41, 5.74) is 0.652. The van der Waals surface area contributed by atoms with Gasteiger partial charge in [-0.1, -0.05) is 30.3 Å². The van der Waals surface area contributed by atoms with Crippen LogP contribution in [0.4, 0.5) is 0 Å². The fourth-order valence-corrected chi connectivity index (χ4v) is 1.64. The van der Waals surface area contributed by atoms with Crippen molar-refractivity contribution in [2.45, 2.75) is 13.3 Å². The first-order valence-electron chi connectivity index (χ1n) is 6.61. The maximum atomic E-state index is 12.2. The molecule has 0 atom stereocenters. The Morgan fingerprint density at radius 3 is 2.27 bits per heavy atom. The smallest absolute Gasteiger partial charge is 0.397 e. The minimum absolute atomic E-state index is 0.0104. The van der Waals surface area contributed by atoms with E-state index in [0.29, 0.717) is 10.5 Å². The Morgan fingerprint density at radius 2 is 1.73 bits per heavy atom. The van der Waals surface area contributed by atoms with E-state index in [9.17, 15) is 19.2 Å². The van der Waals surface area contributed by atoms with Crippen LogP contribution in [-0.4, -0.2) is 48.9 Å². The molecule has 0 heterocycles. The normalized spacial score (nSPS) is 9.73. The van der Waals surface area contributed by atoms with E-state index in [1.54, 1.807) is 30.3 Å². The van der Waals surface area contributed by atoms with E-state index in [1.165, 1.54) is 6.92 Å². The summed E-state index contributed by atoms with van der Waals surface area (Å²) in [6.45, 7) is 0.880. The molecular formula is C15H17NO6. The molecular weight excluding hydrogens is 290 g/mol. The number of esters is 2. The minimum atomic E-state index is -1.19. The number of nitrogens with zero attached hydrogens (tertiary/aromatic N) is 1. The zero-order chi connectivity index (χ0) is 16.5. The van der Waals surface area contributed by atoms with Gasteiger partial charge in [-0.2, -0.15) is 0 Å². The van der Waals surface area contributed by atoms with Crippen molar-refractivity contribution in [2.75, 3.05) is 20.3 Å². The molecule has 1 aromatic carbocycles. The topological polar surface area (TPSA) is 90.0 Å².